The number of nitrogens with zero attached hydrogens (tertiary/aromatic N) is 1. The SMILES string of the molecule is COc1ccc2cc3[n+](cc2c1NCCc1ccc(F)cc1)CCc1cc2c(cc1-3)OCO2.[Cl-]. The second kappa shape index (κ2) is 9.03. The Labute approximate surface area is 203 Å². The van der Waals surface area contributed by atoms with Crippen LogP contribution in [0.5, 0.6) is 17.2 Å². The van der Waals surface area contributed by atoms with Gasteiger partial charge in [-0.25, -0.2) is 4.39 Å². The number of aryl methyl sites for hydroxylation is 2. The van der Waals surface area contributed by atoms with Crippen molar-refractivity contribution in [1.29, 1.82) is 0 Å². The van der Waals surface area contributed by atoms with Crippen molar-refractivity contribution in [2.45, 2.75) is 19.4 Å². The van der Waals surface area contributed by atoms with Crippen LogP contribution in [0.3, 0.4) is 0 Å². The molecule has 0 fully saturated rings. The van der Waals surface area contributed by atoms with Crippen molar-refractivity contribution in [3.63, 3.8) is 0 Å². The predicted octanol–water partition coefficient (Wildman–Crippen LogP) is 1.89. The van der Waals surface area contributed by atoms with Crippen molar-refractivity contribution in [2.24, 2.45) is 0 Å². The Morgan fingerprint density at radius 3 is 2.62 bits per heavy atom. The highest BCUT2D eigenvalue weighted by Gasteiger charge is 2.28. The van der Waals surface area contributed by atoms with Gasteiger partial charge in [-0.2, -0.15) is 4.57 Å². The van der Waals surface area contributed by atoms with E-state index in [1.54, 1.807) is 7.11 Å². The fraction of sp³-hybridized carbons (Fsp3) is 0.222. The summed E-state index contributed by atoms with van der Waals surface area (Å²) in [7, 11) is 1.69. The van der Waals surface area contributed by atoms with Gasteiger partial charge in [0.25, 0.3) is 0 Å². The van der Waals surface area contributed by atoms with Gasteiger partial charge in [-0.1, -0.05) is 18.2 Å². The number of hydrogen-bond acceptors (Lipinski definition) is 4. The van der Waals surface area contributed by atoms with E-state index in [9.17, 15) is 4.39 Å². The Balaban J connectivity index is 0.00000241. The smallest absolute Gasteiger partial charge is 0.231 e. The van der Waals surface area contributed by atoms with Crippen molar-refractivity contribution in [3.05, 3.63) is 77.7 Å². The van der Waals surface area contributed by atoms with E-state index in [1.165, 1.54) is 29.0 Å². The van der Waals surface area contributed by atoms with E-state index in [0.717, 1.165) is 65.2 Å². The zero-order valence-corrected chi connectivity index (χ0v) is 19.5. The van der Waals surface area contributed by atoms with Crippen LogP contribution in [0.25, 0.3) is 22.0 Å². The molecule has 2 aliphatic heterocycles. The zero-order valence-electron chi connectivity index (χ0n) is 18.7. The first-order valence-electron chi connectivity index (χ1n) is 11.1. The minimum Gasteiger partial charge on any atom is -1.00 e. The van der Waals surface area contributed by atoms with Gasteiger partial charge in [-0.3, -0.25) is 0 Å². The van der Waals surface area contributed by atoms with Crippen LogP contribution in [0.1, 0.15) is 11.1 Å². The lowest BCUT2D eigenvalue weighted by molar-refractivity contribution is -0.686. The van der Waals surface area contributed by atoms with E-state index >= 15 is 0 Å². The molecule has 34 heavy (non-hydrogen) atoms. The number of halogens is 2. The molecule has 4 aromatic rings. The number of anilines is 1. The van der Waals surface area contributed by atoms with Crippen LogP contribution in [0.15, 0.2) is 60.8 Å². The molecule has 0 amide bonds. The average Bonchev–Trinajstić information content (AvgIpc) is 3.30. The van der Waals surface area contributed by atoms with Gasteiger partial charge in [0.2, 0.25) is 12.5 Å². The molecule has 0 unspecified atom stereocenters. The van der Waals surface area contributed by atoms with Gasteiger partial charge >= 0.3 is 0 Å². The molecule has 7 heteroatoms. The first-order chi connectivity index (χ1) is 16.2. The van der Waals surface area contributed by atoms with Gasteiger partial charge in [-0.05, 0) is 53.3 Å². The zero-order chi connectivity index (χ0) is 22.4. The molecule has 0 saturated carbocycles. The molecular formula is C27H24ClFN2O3. The highest BCUT2D eigenvalue weighted by Crippen LogP contribution is 2.41. The normalized spacial score (nSPS) is 13.1. The molecule has 3 heterocycles. The topological polar surface area (TPSA) is 43.6 Å². The van der Waals surface area contributed by atoms with E-state index < -0.39 is 0 Å². The molecular weight excluding hydrogens is 455 g/mol. The van der Waals surface area contributed by atoms with E-state index in [4.69, 9.17) is 14.2 Å². The molecule has 6 rings (SSSR count). The van der Waals surface area contributed by atoms with Gasteiger partial charge in [0, 0.05) is 19.0 Å². The lowest BCUT2D eigenvalue weighted by atomic mass is 9.95. The lowest BCUT2D eigenvalue weighted by Gasteiger charge is -2.18. The summed E-state index contributed by atoms with van der Waals surface area (Å²) in [5, 5.41) is 5.81. The fourth-order valence-corrected chi connectivity index (χ4v) is 4.76. The fourth-order valence-electron chi connectivity index (χ4n) is 4.76. The molecule has 2 aliphatic rings. The van der Waals surface area contributed by atoms with Crippen molar-refractivity contribution >= 4 is 16.5 Å². The summed E-state index contributed by atoms with van der Waals surface area (Å²) in [5.41, 5.74) is 5.71. The maximum Gasteiger partial charge on any atom is 0.231 e. The number of benzene rings is 3. The van der Waals surface area contributed by atoms with E-state index in [0.29, 0.717) is 0 Å². The van der Waals surface area contributed by atoms with E-state index in [1.807, 2.05) is 18.2 Å². The van der Waals surface area contributed by atoms with Gasteiger partial charge in [0.05, 0.1) is 23.7 Å². The number of aromatic nitrogens is 1. The van der Waals surface area contributed by atoms with Gasteiger partial charge in [-0.15, -0.1) is 0 Å². The van der Waals surface area contributed by atoms with Crippen LogP contribution in [0, 0.1) is 5.82 Å². The first-order valence-corrected chi connectivity index (χ1v) is 11.1. The quantitative estimate of drug-likeness (QED) is 0.445. The lowest BCUT2D eigenvalue weighted by Crippen LogP contribution is -3.00. The summed E-state index contributed by atoms with van der Waals surface area (Å²) in [6.45, 7) is 1.89. The second-order valence-corrected chi connectivity index (χ2v) is 8.41. The van der Waals surface area contributed by atoms with Crippen LogP contribution in [0.2, 0.25) is 0 Å². The minimum absolute atomic E-state index is 0. The Morgan fingerprint density at radius 1 is 1.03 bits per heavy atom. The Hall–Kier alpha value is -3.51. The molecule has 174 valence electrons. The standard InChI is InChI=1S/C27H23FN2O3.ClH/c1-31-24-7-4-18-12-23-21-14-26-25(32-16-33-26)13-19(21)9-11-30(23)15-22(18)27(24)29-10-8-17-2-5-20(28)6-3-17;/h2-7,12-15H,8-11,16H2,1H3;1H. The van der Waals surface area contributed by atoms with Crippen LogP contribution in [-0.2, 0) is 19.4 Å². The summed E-state index contributed by atoms with van der Waals surface area (Å²) in [4.78, 5) is 0. The number of methoxy groups -OCH3 is 1. The summed E-state index contributed by atoms with van der Waals surface area (Å²) in [5.74, 6) is 2.23. The first kappa shape index (κ1) is 22.3. The predicted molar refractivity (Wildman–Crippen MR) is 125 cm³/mol. The Bertz CT molecular complexity index is 1380. The van der Waals surface area contributed by atoms with Crippen LogP contribution >= 0.6 is 0 Å². The average molecular weight is 479 g/mol. The van der Waals surface area contributed by atoms with Crippen molar-refractivity contribution < 1.29 is 35.6 Å². The minimum atomic E-state index is -0.213. The molecule has 3 aromatic carbocycles. The molecule has 1 aromatic heterocycles. The summed E-state index contributed by atoms with van der Waals surface area (Å²) in [6, 6.07) is 17.2. The van der Waals surface area contributed by atoms with Crippen LogP contribution in [0.4, 0.5) is 10.1 Å². The third-order valence-electron chi connectivity index (χ3n) is 6.47. The number of nitrogens with one attached hydrogen (secondary N) is 1. The highest BCUT2D eigenvalue weighted by molar-refractivity contribution is 5.97. The molecule has 1 N–H and O–H groups in total. The third kappa shape index (κ3) is 3.88. The molecule has 0 bridgehead atoms. The van der Waals surface area contributed by atoms with Crippen molar-refractivity contribution in [2.75, 3.05) is 25.8 Å². The highest BCUT2D eigenvalue weighted by atomic mass is 35.5. The van der Waals surface area contributed by atoms with Crippen molar-refractivity contribution in [1.82, 2.24) is 0 Å². The number of hydrogen-bond donors (Lipinski definition) is 1. The second-order valence-electron chi connectivity index (χ2n) is 8.41. The molecule has 5 nitrogen and oxygen atoms in total. The van der Waals surface area contributed by atoms with E-state index in [2.05, 4.69) is 40.3 Å². The summed E-state index contributed by atoms with van der Waals surface area (Å²) in [6.07, 6.45) is 3.94. The van der Waals surface area contributed by atoms with Gasteiger partial charge in [0.1, 0.15) is 11.6 Å². The number of fused-ring (bicyclic) bond motifs is 5. The number of rotatable bonds is 5. The molecule has 0 saturated heterocycles. The summed E-state index contributed by atoms with van der Waals surface area (Å²) < 4.78 is 32.4. The number of pyridine rings is 1. The van der Waals surface area contributed by atoms with E-state index in [-0.39, 0.29) is 25.0 Å². The molecule has 0 atom stereocenters. The maximum atomic E-state index is 13.2. The summed E-state index contributed by atoms with van der Waals surface area (Å²) >= 11 is 0. The van der Waals surface area contributed by atoms with Gasteiger partial charge in [0.15, 0.2) is 24.2 Å². The number of ether oxygens (including phenoxy) is 3. The van der Waals surface area contributed by atoms with Crippen molar-refractivity contribution in [3.8, 4) is 28.5 Å². The van der Waals surface area contributed by atoms with Crippen LogP contribution < -0.4 is 36.5 Å². The maximum absolute atomic E-state index is 13.2. The Morgan fingerprint density at radius 2 is 1.82 bits per heavy atom. The third-order valence-corrected chi connectivity index (χ3v) is 6.47. The molecule has 0 spiro atoms. The largest absolute Gasteiger partial charge is 1.00 e. The molecule has 0 radical (unpaired) electrons. The molecule has 0 aliphatic carbocycles. The Kier molecular flexibility index (Phi) is 5.92. The van der Waals surface area contributed by atoms with Crippen LogP contribution in [-0.4, -0.2) is 20.4 Å². The van der Waals surface area contributed by atoms with Gasteiger partial charge < -0.3 is 31.9 Å². The monoisotopic (exact) mass is 478 g/mol.